The zero-order chi connectivity index (χ0) is 26.4. The lowest BCUT2D eigenvalue weighted by molar-refractivity contribution is -0.247. The van der Waals surface area contributed by atoms with Crippen LogP contribution in [0.4, 0.5) is 0 Å². The van der Waals surface area contributed by atoms with Crippen LogP contribution in [0.2, 0.25) is 0 Å². The summed E-state index contributed by atoms with van der Waals surface area (Å²) < 4.78 is 12.9. The van der Waals surface area contributed by atoms with Crippen LogP contribution >= 0.6 is 0 Å². The van der Waals surface area contributed by atoms with Crippen molar-refractivity contribution in [3.8, 4) is 0 Å². The molecule has 2 aliphatic heterocycles. The molecule has 3 heterocycles. The molecule has 1 aromatic carbocycles. The van der Waals surface area contributed by atoms with Crippen molar-refractivity contribution in [3.63, 3.8) is 0 Å². The Kier molecular flexibility index (Phi) is 4.31. The molecular formula is C32H39NO4. The topological polar surface area (TPSA) is 71.5 Å². The highest BCUT2D eigenvalue weighted by molar-refractivity contribution is 5.97. The Labute approximate surface area is 219 Å². The van der Waals surface area contributed by atoms with Gasteiger partial charge < -0.3 is 19.6 Å². The molecule has 2 N–H and O–H groups in total. The Hall–Kier alpha value is -2.21. The molecule has 1 aromatic heterocycles. The SMILES string of the molecule is C=CC(C)(C)c1cccc2[nH]c3c(c12)C[C@@H]1CC[C@]2(O)C4=CC(=O)[C@@H]5O[C@@]4(CC[C@]2(C)[C@@]31C)OC5(C)C. The zero-order valence-corrected chi connectivity index (χ0v) is 23.0. The number of aromatic amines is 1. The van der Waals surface area contributed by atoms with Gasteiger partial charge in [0.05, 0.1) is 5.60 Å². The number of aromatic nitrogens is 1. The van der Waals surface area contributed by atoms with E-state index < -0.39 is 28.5 Å². The average Bonchev–Trinajstić information content (AvgIpc) is 3.43. The van der Waals surface area contributed by atoms with Crippen molar-refractivity contribution < 1.29 is 19.4 Å². The van der Waals surface area contributed by atoms with Crippen LogP contribution in [-0.4, -0.2) is 39.0 Å². The molecule has 0 amide bonds. The minimum Gasteiger partial charge on any atom is -0.385 e. The first kappa shape index (κ1) is 23.9. The molecule has 7 rings (SSSR count). The van der Waals surface area contributed by atoms with Gasteiger partial charge in [-0.1, -0.05) is 45.9 Å². The molecule has 196 valence electrons. The van der Waals surface area contributed by atoms with E-state index in [4.69, 9.17) is 9.47 Å². The second kappa shape index (κ2) is 6.67. The summed E-state index contributed by atoms with van der Waals surface area (Å²) in [6.07, 6.45) is 6.98. The predicted molar refractivity (Wildman–Crippen MR) is 143 cm³/mol. The Morgan fingerprint density at radius 3 is 2.65 bits per heavy atom. The van der Waals surface area contributed by atoms with E-state index in [2.05, 4.69) is 57.5 Å². The van der Waals surface area contributed by atoms with Gasteiger partial charge in [0.15, 0.2) is 17.7 Å². The van der Waals surface area contributed by atoms with Crippen molar-refractivity contribution in [1.29, 1.82) is 0 Å². The van der Waals surface area contributed by atoms with Crippen LogP contribution in [0.25, 0.3) is 10.9 Å². The van der Waals surface area contributed by atoms with Crippen LogP contribution in [0.5, 0.6) is 0 Å². The maximum Gasteiger partial charge on any atom is 0.195 e. The molecule has 2 aromatic rings. The second-order valence-electron chi connectivity index (χ2n) is 13.9. The third kappa shape index (κ3) is 2.50. The fourth-order valence-electron chi connectivity index (χ4n) is 9.15. The molecule has 5 aliphatic rings. The molecule has 0 unspecified atom stereocenters. The summed E-state index contributed by atoms with van der Waals surface area (Å²) in [5.74, 6) is -0.693. The smallest absolute Gasteiger partial charge is 0.195 e. The molecule has 0 radical (unpaired) electrons. The van der Waals surface area contributed by atoms with Gasteiger partial charge in [-0.3, -0.25) is 4.79 Å². The highest BCUT2D eigenvalue weighted by atomic mass is 16.8. The Bertz CT molecular complexity index is 1430. The number of aliphatic hydroxyl groups is 1. The monoisotopic (exact) mass is 501 g/mol. The van der Waals surface area contributed by atoms with Crippen molar-refractivity contribution >= 4 is 16.7 Å². The largest absolute Gasteiger partial charge is 0.385 e. The van der Waals surface area contributed by atoms with Crippen molar-refractivity contribution in [3.05, 3.63) is 59.3 Å². The van der Waals surface area contributed by atoms with Gasteiger partial charge in [0.25, 0.3) is 0 Å². The van der Waals surface area contributed by atoms with E-state index in [-0.39, 0.29) is 16.6 Å². The minimum atomic E-state index is -1.19. The number of nitrogens with one attached hydrogen (secondary N) is 1. The van der Waals surface area contributed by atoms with Crippen LogP contribution < -0.4 is 0 Å². The van der Waals surface area contributed by atoms with E-state index >= 15 is 0 Å². The average molecular weight is 502 g/mol. The van der Waals surface area contributed by atoms with Gasteiger partial charge in [-0.05, 0) is 68.7 Å². The minimum absolute atomic E-state index is 0.0907. The molecule has 3 fully saturated rings. The molecule has 37 heavy (non-hydrogen) atoms. The summed E-state index contributed by atoms with van der Waals surface area (Å²) >= 11 is 0. The zero-order valence-electron chi connectivity index (χ0n) is 23.0. The second-order valence-corrected chi connectivity index (χ2v) is 13.9. The van der Waals surface area contributed by atoms with Crippen molar-refractivity contribution in [1.82, 2.24) is 4.98 Å². The number of hydrogen-bond donors (Lipinski definition) is 2. The van der Waals surface area contributed by atoms with E-state index in [1.165, 1.54) is 22.2 Å². The Morgan fingerprint density at radius 1 is 1.16 bits per heavy atom. The van der Waals surface area contributed by atoms with Crippen LogP contribution in [0, 0.1) is 11.3 Å². The first-order valence-corrected chi connectivity index (χ1v) is 13.9. The van der Waals surface area contributed by atoms with Gasteiger partial charge in [-0.2, -0.15) is 0 Å². The molecule has 5 nitrogen and oxygen atoms in total. The highest BCUT2D eigenvalue weighted by Crippen LogP contribution is 2.72. The van der Waals surface area contributed by atoms with Crippen LogP contribution in [0.1, 0.15) is 84.0 Å². The van der Waals surface area contributed by atoms with Gasteiger partial charge in [0, 0.05) is 44.8 Å². The summed E-state index contributed by atoms with van der Waals surface area (Å²) in [6.45, 7) is 17.0. The third-order valence-electron chi connectivity index (χ3n) is 11.6. The van der Waals surface area contributed by atoms with Crippen LogP contribution in [0.3, 0.4) is 0 Å². The molecule has 5 heteroatoms. The summed E-state index contributed by atoms with van der Waals surface area (Å²) in [7, 11) is 0. The summed E-state index contributed by atoms with van der Waals surface area (Å²) in [4.78, 5) is 17.1. The normalized spacial score (nSPS) is 41.6. The lowest BCUT2D eigenvalue weighted by Gasteiger charge is -2.65. The first-order chi connectivity index (χ1) is 17.2. The molecule has 1 spiro atoms. The van der Waals surface area contributed by atoms with E-state index in [0.29, 0.717) is 24.3 Å². The van der Waals surface area contributed by atoms with E-state index in [0.717, 1.165) is 24.8 Å². The molecule has 6 atom stereocenters. The molecular weight excluding hydrogens is 462 g/mol. The number of carbonyl (C=O) groups excluding carboxylic acids is 1. The number of fused-ring (bicyclic) bond motifs is 9. The summed E-state index contributed by atoms with van der Waals surface area (Å²) in [5, 5.41) is 14.1. The number of benzene rings is 1. The standard InChI is InChI=1S/C32H39NO4/c1-8-27(2,3)20-10-9-11-21-24(20)19-16-18-12-13-31(35)23-17-22(34)26-28(4,5)37-32(23,36-26)15-14-29(31,6)30(18,7)25(19)33-21/h8-11,17-18,26,33,35H,1,12-16H2,2-7H3/t18-,26-,29+,30+,31-,32-/m0/s1. The molecule has 2 bridgehead atoms. The fourth-order valence-corrected chi connectivity index (χ4v) is 9.15. The number of ketones is 1. The van der Waals surface area contributed by atoms with Crippen LogP contribution in [-0.2, 0) is 31.5 Å². The van der Waals surface area contributed by atoms with Gasteiger partial charge >= 0.3 is 0 Å². The van der Waals surface area contributed by atoms with E-state index in [1.54, 1.807) is 6.08 Å². The number of hydrogen-bond acceptors (Lipinski definition) is 4. The molecule has 3 aliphatic carbocycles. The van der Waals surface area contributed by atoms with Gasteiger partial charge in [-0.15, -0.1) is 6.58 Å². The number of ether oxygens (including phenoxy) is 2. The van der Waals surface area contributed by atoms with Crippen molar-refractivity contribution in [2.75, 3.05) is 0 Å². The number of allylic oxidation sites excluding steroid dienone is 1. The molecule has 2 saturated carbocycles. The third-order valence-corrected chi connectivity index (χ3v) is 11.6. The van der Waals surface area contributed by atoms with Crippen molar-refractivity contribution in [2.24, 2.45) is 11.3 Å². The number of rotatable bonds is 2. The van der Waals surface area contributed by atoms with E-state index in [1.807, 2.05) is 19.9 Å². The number of H-pyrrole nitrogens is 1. The van der Waals surface area contributed by atoms with Crippen LogP contribution in [0.15, 0.2) is 42.5 Å². The highest BCUT2D eigenvalue weighted by Gasteiger charge is 2.75. The lowest BCUT2D eigenvalue weighted by atomic mass is 9.42. The first-order valence-electron chi connectivity index (χ1n) is 13.9. The maximum atomic E-state index is 13.2. The predicted octanol–water partition coefficient (Wildman–Crippen LogP) is 5.79. The Morgan fingerprint density at radius 2 is 1.92 bits per heavy atom. The maximum absolute atomic E-state index is 13.2. The Balaban J connectivity index is 1.43. The molecule has 1 saturated heterocycles. The lowest BCUT2D eigenvalue weighted by Crippen LogP contribution is -2.69. The summed E-state index contributed by atoms with van der Waals surface area (Å²) in [6, 6.07) is 6.53. The van der Waals surface area contributed by atoms with Crippen molar-refractivity contribution in [2.45, 2.75) is 108 Å². The van der Waals surface area contributed by atoms with Gasteiger partial charge in [0.1, 0.15) is 5.60 Å². The van der Waals surface area contributed by atoms with Gasteiger partial charge in [0.2, 0.25) is 0 Å². The fraction of sp³-hybridized carbons (Fsp3) is 0.594. The van der Waals surface area contributed by atoms with E-state index in [9.17, 15) is 9.90 Å². The summed E-state index contributed by atoms with van der Waals surface area (Å²) in [5.41, 5.74) is 2.90. The quantitative estimate of drug-likeness (QED) is 0.511. The van der Waals surface area contributed by atoms with Gasteiger partial charge in [-0.25, -0.2) is 0 Å². The number of carbonyl (C=O) groups is 1.